The highest BCUT2D eigenvalue weighted by atomic mass is 16.4. The number of hydrogen-bond acceptors (Lipinski definition) is 2. The number of benzene rings is 2. The van der Waals surface area contributed by atoms with E-state index in [1.807, 2.05) is 36.4 Å². The van der Waals surface area contributed by atoms with Crippen LogP contribution in [0, 0.1) is 0 Å². The molecule has 2 N–H and O–H groups in total. The molecule has 0 fully saturated rings. The molecule has 0 saturated heterocycles. The maximum atomic E-state index is 10.3. The number of hydrogen-bond donors (Lipinski definition) is 2. The Balaban J connectivity index is 0.000000184. The van der Waals surface area contributed by atoms with Gasteiger partial charge in [0.1, 0.15) is 11.3 Å². The van der Waals surface area contributed by atoms with Gasteiger partial charge >= 0.3 is 5.97 Å². The SMILES string of the molecule is C=Cc1ccccc1.O=C(O)c1ccccc1O. The smallest absolute Gasteiger partial charge is 0.339 e. The molecule has 0 radical (unpaired) electrons. The Morgan fingerprint density at radius 3 is 1.94 bits per heavy atom. The topological polar surface area (TPSA) is 57.5 Å². The number of para-hydroxylation sites is 1. The number of phenols is 1. The van der Waals surface area contributed by atoms with Gasteiger partial charge in [-0.2, -0.15) is 0 Å². The molecule has 0 amide bonds. The van der Waals surface area contributed by atoms with Gasteiger partial charge in [0.25, 0.3) is 0 Å². The lowest BCUT2D eigenvalue weighted by Crippen LogP contribution is -1.95. The van der Waals surface area contributed by atoms with Crippen LogP contribution in [0.4, 0.5) is 0 Å². The summed E-state index contributed by atoms with van der Waals surface area (Å²) in [5.74, 6) is -1.31. The van der Waals surface area contributed by atoms with Crippen molar-refractivity contribution < 1.29 is 15.0 Å². The largest absolute Gasteiger partial charge is 0.507 e. The van der Waals surface area contributed by atoms with Crippen LogP contribution < -0.4 is 0 Å². The first-order valence-electron chi connectivity index (χ1n) is 5.34. The molecule has 0 saturated carbocycles. The van der Waals surface area contributed by atoms with E-state index in [-0.39, 0.29) is 11.3 Å². The van der Waals surface area contributed by atoms with Crippen LogP contribution in [0.15, 0.2) is 61.2 Å². The fourth-order valence-corrected chi connectivity index (χ4v) is 1.24. The van der Waals surface area contributed by atoms with E-state index in [4.69, 9.17) is 10.2 Å². The minimum atomic E-state index is -1.11. The zero-order valence-corrected chi connectivity index (χ0v) is 9.78. The van der Waals surface area contributed by atoms with Gasteiger partial charge in [-0.25, -0.2) is 4.79 Å². The zero-order valence-electron chi connectivity index (χ0n) is 9.78. The van der Waals surface area contributed by atoms with Gasteiger partial charge in [0.2, 0.25) is 0 Å². The summed E-state index contributed by atoms with van der Waals surface area (Å²) in [5.41, 5.74) is 1.11. The van der Waals surface area contributed by atoms with Crippen molar-refractivity contribution in [1.29, 1.82) is 0 Å². The van der Waals surface area contributed by atoms with Crippen LogP contribution in [0.5, 0.6) is 5.75 Å². The maximum Gasteiger partial charge on any atom is 0.339 e. The van der Waals surface area contributed by atoms with Crippen molar-refractivity contribution in [1.82, 2.24) is 0 Å². The van der Waals surface area contributed by atoms with Gasteiger partial charge < -0.3 is 10.2 Å². The molecule has 0 atom stereocenters. The van der Waals surface area contributed by atoms with Gasteiger partial charge in [0, 0.05) is 0 Å². The van der Waals surface area contributed by atoms with E-state index >= 15 is 0 Å². The van der Waals surface area contributed by atoms with E-state index in [1.54, 1.807) is 12.1 Å². The average molecular weight is 242 g/mol. The third kappa shape index (κ3) is 4.14. The monoisotopic (exact) mass is 242 g/mol. The van der Waals surface area contributed by atoms with Crippen LogP contribution in [-0.2, 0) is 0 Å². The quantitative estimate of drug-likeness (QED) is 0.848. The Morgan fingerprint density at radius 1 is 1.00 bits per heavy atom. The predicted molar refractivity (Wildman–Crippen MR) is 71.6 cm³/mol. The Hall–Kier alpha value is -2.55. The number of rotatable bonds is 2. The molecule has 0 unspecified atom stereocenters. The molecular formula is C15H14O3. The first-order valence-corrected chi connectivity index (χ1v) is 5.34. The van der Waals surface area contributed by atoms with Gasteiger partial charge in [-0.1, -0.05) is 55.1 Å². The normalized spacial score (nSPS) is 8.89. The van der Waals surface area contributed by atoms with Crippen molar-refractivity contribution in [2.45, 2.75) is 0 Å². The molecule has 0 aliphatic heterocycles. The summed E-state index contributed by atoms with van der Waals surface area (Å²) < 4.78 is 0. The number of aromatic carboxylic acids is 1. The van der Waals surface area contributed by atoms with Crippen LogP contribution in [0.2, 0.25) is 0 Å². The molecule has 92 valence electrons. The van der Waals surface area contributed by atoms with E-state index in [2.05, 4.69) is 6.58 Å². The van der Waals surface area contributed by atoms with Crippen molar-refractivity contribution in [3.63, 3.8) is 0 Å². The van der Waals surface area contributed by atoms with Crippen LogP contribution in [0.1, 0.15) is 15.9 Å². The van der Waals surface area contributed by atoms with E-state index < -0.39 is 5.97 Å². The lowest BCUT2D eigenvalue weighted by molar-refractivity contribution is 0.0694. The van der Waals surface area contributed by atoms with E-state index in [0.29, 0.717) is 0 Å². The molecule has 0 aromatic heterocycles. The van der Waals surface area contributed by atoms with Gasteiger partial charge in [-0.05, 0) is 17.7 Å². The number of carbonyl (C=O) groups is 1. The number of carboxylic acid groups (broad SMARTS) is 1. The first-order chi connectivity index (χ1) is 8.65. The first kappa shape index (κ1) is 13.5. The molecule has 3 nitrogen and oxygen atoms in total. The van der Waals surface area contributed by atoms with Crippen molar-refractivity contribution in [2.75, 3.05) is 0 Å². The summed E-state index contributed by atoms with van der Waals surface area (Å²) in [4.78, 5) is 10.3. The second-order valence-electron chi connectivity index (χ2n) is 3.44. The highest BCUT2D eigenvalue weighted by Gasteiger charge is 2.05. The van der Waals surface area contributed by atoms with Crippen LogP contribution in [-0.4, -0.2) is 16.2 Å². The maximum absolute atomic E-state index is 10.3. The summed E-state index contributed by atoms with van der Waals surface area (Å²) >= 11 is 0. The van der Waals surface area contributed by atoms with Gasteiger partial charge in [0.05, 0.1) is 0 Å². The molecule has 0 aliphatic rings. The third-order valence-electron chi connectivity index (χ3n) is 2.17. The zero-order chi connectivity index (χ0) is 13.4. The Kier molecular flexibility index (Phi) is 5.19. The summed E-state index contributed by atoms with van der Waals surface area (Å²) in [6.45, 7) is 3.63. The van der Waals surface area contributed by atoms with Crippen LogP contribution >= 0.6 is 0 Å². The van der Waals surface area contributed by atoms with Gasteiger partial charge in [0.15, 0.2) is 0 Å². The second-order valence-corrected chi connectivity index (χ2v) is 3.44. The lowest BCUT2D eigenvalue weighted by atomic mass is 10.2. The highest BCUT2D eigenvalue weighted by Crippen LogP contribution is 2.14. The third-order valence-corrected chi connectivity index (χ3v) is 2.17. The molecule has 18 heavy (non-hydrogen) atoms. The Morgan fingerprint density at radius 2 is 1.56 bits per heavy atom. The van der Waals surface area contributed by atoms with Crippen molar-refractivity contribution in [3.05, 3.63) is 72.3 Å². The molecule has 0 spiro atoms. The number of carboxylic acids is 1. The second kappa shape index (κ2) is 6.91. The van der Waals surface area contributed by atoms with Crippen molar-refractivity contribution >= 4 is 12.0 Å². The molecule has 2 aromatic rings. The molecule has 0 heterocycles. The van der Waals surface area contributed by atoms with E-state index in [0.717, 1.165) is 0 Å². The van der Waals surface area contributed by atoms with Crippen LogP contribution in [0.3, 0.4) is 0 Å². The highest BCUT2D eigenvalue weighted by molar-refractivity contribution is 5.90. The van der Waals surface area contributed by atoms with Gasteiger partial charge in [-0.3, -0.25) is 0 Å². The van der Waals surface area contributed by atoms with Crippen molar-refractivity contribution in [3.8, 4) is 5.75 Å². The molecule has 2 aromatic carbocycles. The molecule has 0 bridgehead atoms. The molecule has 2 rings (SSSR count). The average Bonchev–Trinajstić information content (AvgIpc) is 2.40. The summed E-state index contributed by atoms with van der Waals surface area (Å²) in [5, 5.41) is 17.3. The standard InChI is InChI=1S/C8H8.C7H6O3/c1-2-8-6-4-3-5-7-8;8-6-4-2-1-3-5(6)7(9)10/h2-7H,1H2;1-4,8H,(H,9,10). The fraction of sp³-hybridized carbons (Fsp3) is 0. The number of aromatic hydroxyl groups is 1. The summed E-state index contributed by atoms with van der Waals surface area (Å²) in [7, 11) is 0. The van der Waals surface area contributed by atoms with Gasteiger partial charge in [-0.15, -0.1) is 0 Å². The predicted octanol–water partition coefficient (Wildman–Crippen LogP) is 3.42. The minimum Gasteiger partial charge on any atom is -0.507 e. The minimum absolute atomic E-state index is 0.0671. The summed E-state index contributed by atoms with van der Waals surface area (Å²) in [6.07, 6.45) is 1.83. The molecule has 3 heteroatoms. The van der Waals surface area contributed by atoms with Crippen LogP contribution in [0.25, 0.3) is 6.08 Å². The van der Waals surface area contributed by atoms with E-state index in [9.17, 15) is 4.79 Å². The van der Waals surface area contributed by atoms with Crippen molar-refractivity contribution in [2.24, 2.45) is 0 Å². The Bertz CT molecular complexity index is 518. The lowest BCUT2D eigenvalue weighted by Gasteiger charge is -1.95. The molecular weight excluding hydrogens is 228 g/mol. The summed E-state index contributed by atoms with van der Waals surface area (Å²) in [6, 6.07) is 15.8. The fourth-order valence-electron chi connectivity index (χ4n) is 1.24. The molecule has 0 aliphatic carbocycles. The van der Waals surface area contributed by atoms with E-state index in [1.165, 1.54) is 17.7 Å². The Labute approximate surface area is 106 Å².